The second kappa shape index (κ2) is 7.63. The molecular weight excluding hydrogens is 314 g/mol. The van der Waals surface area contributed by atoms with Crippen LogP contribution in [0.5, 0.6) is 0 Å². The molecule has 2 amide bonds. The van der Waals surface area contributed by atoms with Gasteiger partial charge in [0.05, 0.1) is 18.2 Å². The topological polar surface area (TPSA) is 73.2 Å². The lowest BCUT2D eigenvalue weighted by Gasteiger charge is -2.18. The molecule has 0 bridgehead atoms. The van der Waals surface area contributed by atoms with Gasteiger partial charge in [-0.05, 0) is 50.1 Å². The second-order valence-electron chi connectivity index (χ2n) is 6.18. The first-order chi connectivity index (χ1) is 11.8. The molecule has 0 aliphatic rings. The maximum Gasteiger partial charge on any atom is 0.254 e. The van der Waals surface area contributed by atoms with E-state index in [4.69, 9.17) is 5.26 Å². The molecule has 5 heteroatoms. The van der Waals surface area contributed by atoms with E-state index < -0.39 is 0 Å². The number of likely N-dealkylation sites (N-methyl/N-ethyl adjacent to an activating group) is 1. The maximum atomic E-state index is 12.4. The van der Waals surface area contributed by atoms with Crippen LogP contribution in [0, 0.1) is 32.1 Å². The Morgan fingerprint density at radius 1 is 1.12 bits per heavy atom. The number of anilines is 1. The lowest BCUT2D eigenvalue weighted by molar-refractivity contribution is -0.116. The first-order valence-electron chi connectivity index (χ1n) is 7.95. The van der Waals surface area contributed by atoms with Crippen LogP contribution in [0.2, 0.25) is 0 Å². The van der Waals surface area contributed by atoms with E-state index in [0.717, 1.165) is 22.4 Å². The average molecular weight is 335 g/mol. The highest BCUT2D eigenvalue weighted by molar-refractivity contribution is 5.99. The van der Waals surface area contributed by atoms with E-state index in [-0.39, 0.29) is 18.4 Å². The second-order valence-corrected chi connectivity index (χ2v) is 6.18. The van der Waals surface area contributed by atoms with Gasteiger partial charge in [-0.25, -0.2) is 0 Å². The van der Waals surface area contributed by atoms with Gasteiger partial charge in [-0.3, -0.25) is 9.59 Å². The lowest BCUT2D eigenvalue weighted by Crippen LogP contribution is -2.35. The van der Waals surface area contributed by atoms with Crippen molar-refractivity contribution < 1.29 is 9.59 Å². The predicted octanol–water partition coefficient (Wildman–Crippen LogP) is 3.19. The summed E-state index contributed by atoms with van der Waals surface area (Å²) in [7, 11) is 1.57. The molecule has 0 aromatic heterocycles. The number of nitrogens with zero attached hydrogens (tertiary/aromatic N) is 2. The van der Waals surface area contributed by atoms with Crippen molar-refractivity contribution in [2.24, 2.45) is 0 Å². The molecule has 0 heterocycles. The van der Waals surface area contributed by atoms with Crippen LogP contribution in [0.15, 0.2) is 36.4 Å². The molecule has 0 saturated heterocycles. The summed E-state index contributed by atoms with van der Waals surface area (Å²) >= 11 is 0. The van der Waals surface area contributed by atoms with Crippen LogP contribution in [0.3, 0.4) is 0 Å². The summed E-state index contributed by atoms with van der Waals surface area (Å²) in [6, 6.07) is 12.4. The van der Waals surface area contributed by atoms with Gasteiger partial charge in [0.2, 0.25) is 5.91 Å². The number of aryl methyl sites for hydroxylation is 3. The summed E-state index contributed by atoms with van der Waals surface area (Å²) in [4.78, 5) is 26.1. The molecule has 0 fully saturated rings. The number of benzene rings is 2. The Labute approximate surface area is 147 Å². The number of nitriles is 1. The number of carbonyl (C=O) groups excluding carboxylic acids is 2. The van der Waals surface area contributed by atoms with Crippen molar-refractivity contribution in [2.45, 2.75) is 20.8 Å². The van der Waals surface area contributed by atoms with E-state index in [2.05, 4.69) is 5.32 Å². The summed E-state index contributed by atoms with van der Waals surface area (Å²) in [5.41, 5.74) is 4.69. The van der Waals surface area contributed by atoms with Gasteiger partial charge < -0.3 is 10.2 Å². The minimum Gasteiger partial charge on any atom is -0.332 e. The van der Waals surface area contributed by atoms with Crippen molar-refractivity contribution in [3.63, 3.8) is 0 Å². The standard InChI is InChI=1S/C20H21N3O2/c1-13-8-14(2)19(15(3)9-13)22-18(24)12-23(4)20(25)17-7-5-6-16(10-17)11-21/h5-10H,12H2,1-4H3,(H,22,24). The quantitative estimate of drug-likeness (QED) is 0.932. The van der Waals surface area contributed by atoms with Gasteiger partial charge in [0, 0.05) is 18.3 Å². The fourth-order valence-corrected chi connectivity index (χ4v) is 2.79. The van der Waals surface area contributed by atoms with Crippen molar-refractivity contribution >= 4 is 17.5 Å². The van der Waals surface area contributed by atoms with Crippen molar-refractivity contribution in [1.29, 1.82) is 5.26 Å². The Kier molecular flexibility index (Phi) is 5.56. The van der Waals surface area contributed by atoms with E-state index in [1.54, 1.807) is 25.2 Å². The zero-order valence-corrected chi connectivity index (χ0v) is 14.9. The van der Waals surface area contributed by atoms with E-state index in [9.17, 15) is 9.59 Å². The molecule has 128 valence electrons. The summed E-state index contributed by atoms with van der Waals surface area (Å²) in [5.74, 6) is -0.563. The van der Waals surface area contributed by atoms with Crippen molar-refractivity contribution in [2.75, 3.05) is 18.9 Å². The minimum atomic E-state index is -0.301. The lowest BCUT2D eigenvalue weighted by atomic mass is 10.1. The van der Waals surface area contributed by atoms with Gasteiger partial charge in [-0.15, -0.1) is 0 Å². The molecule has 0 spiro atoms. The zero-order valence-electron chi connectivity index (χ0n) is 14.9. The number of hydrogen-bond acceptors (Lipinski definition) is 3. The average Bonchev–Trinajstić information content (AvgIpc) is 2.57. The van der Waals surface area contributed by atoms with E-state index in [1.165, 1.54) is 11.0 Å². The van der Waals surface area contributed by atoms with Crippen LogP contribution in [-0.2, 0) is 4.79 Å². The molecule has 0 aliphatic carbocycles. The molecule has 25 heavy (non-hydrogen) atoms. The molecule has 0 aliphatic heterocycles. The van der Waals surface area contributed by atoms with Gasteiger partial charge in [0.1, 0.15) is 0 Å². The first kappa shape index (κ1) is 18.2. The Hall–Kier alpha value is -3.13. The highest BCUT2D eigenvalue weighted by Crippen LogP contribution is 2.21. The third-order valence-corrected chi connectivity index (χ3v) is 3.91. The van der Waals surface area contributed by atoms with Gasteiger partial charge >= 0.3 is 0 Å². The fraction of sp³-hybridized carbons (Fsp3) is 0.250. The molecule has 2 rings (SSSR count). The SMILES string of the molecule is Cc1cc(C)c(NC(=O)CN(C)C(=O)c2cccc(C#N)c2)c(C)c1. The van der Waals surface area contributed by atoms with Crippen LogP contribution in [-0.4, -0.2) is 30.3 Å². The molecule has 0 atom stereocenters. The summed E-state index contributed by atoms with van der Waals surface area (Å²) in [6.45, 7) is 5.82. The normalized spacial score (nSPS) is 10.0. The highest BCUT2D eigenvalue weighted by Gasteiger charge is 2.16. The highest BCUT2D eigenvalue weighted by atomic mass is 16.2. The third kappa shape index (κ3) is 4.45. The largest absolute Gasteiger partial charge is 0.332 e. The van der Waals surface area contributed by atoms with Crippen molar-refractivity contribution in [3.8, 4) is 6.07 Å². The number of hydrogen-bond donors (Lipinski definition) is 1. The zero-order chi connectivity index (χ0) is 18.6. The van der Waals surface area contributed by atoms with Crippen LogP contribution in [0.25, 0.3) is 0 Å². The summed E-state index contributed by atoms with van der Waals surface area (Å²) in [5, 5.41) is 11.8. The molecule has 0 unspecified atom stereocenters. The Balaban J connectivity index is 2.07. The van der Waals surface area contributed by atoms with Crippen LogP contribution < -0.4 is 5.32 Å². The predicted molar refractivity (Wildman–Crippen MR) is 97.4 cm³/mol. The smallest absolute Gasteiger partial charge is 0.254 e. The van der Waals surface area contributed by atoms with E-state index in [1.807, 2.05) is 39.0 Å². The van der Waals surface area contributed by atoms with E-state index in [0.29, 0.717) is 11.1 Å². The van der Waals surface area contributed by atoms with Gasteiger partial charge in [0.25, 0.3) is 5.91 Å². The number of rotatable bonds is 4. The van der Waals surface area contributed by atoms with Crippen LogP contribution in [0.1, 0.15) is 32.6 Å². The van der Waals surface area contributed by atoms with Crippen molar-refractivity contribution in [3.05, 3.63) is 64.2 Å². The van der Waals surface area contributed by atoms with Gasteiger partial charge in [0.15, 0.2) is 0 Å². The summed E-state index contributed by atoms with van der Waals surface area (Å²) in [6.07, 6.45) is 0. The number of amides is 2. The monoisotopic (exact) mass is 335 g/mol. The fourth-order valence-electron chi connectivity index (χ4n) is 2.79. The van der Waals surface area contributed by atoms with Crippen LogP contribution in [0.4, 0.5) is 5.69 Å². The molecule has 5 nitrogen and oxygen atoms in total. The number of nitrogens with one attached hydrogen (secondary N) is 1. The maximum absolute atomic E-state index is 12.4. The molecule has 0 saturated carbocycles. The van der Waals surface area contributed by atoms with Crippen molar-refractivity contribution in [1.82, 2.24) is 4.90 Å². The Morgan fingerprint density at radius 3 is 2.36 bits per heavy atom. The molecule has 2 aromatic rings. The molecule has 1 N–H and O–H groups in total. The van der Waals surface area contributed by atoms with Gasteiger partial charge in [-0.1, -0.05) is 23.8 Å². The van der Waals surface area contributed by atoms with Gasteiger partial charge in [-0.2, -0.15) is 5.26 Å². The molecule has 0 radical (unpaired) electrons. The summed E-state index contributed by atoms with van der Waals surface area (Å²) < 4.78 is 0. The number of carbonyl (C=O) groups is 2. The molecule has 2 aromatic carbocycles. The van der Waals surface area contributed by atoms with E-state index >= 15 is 0 Å². The first-order valence-corrected chi connectivity index (χ1v) is 7.95. The third-order valence-electron chi connectivity index (χ3n) is 3.91. The minimum absolute atomic E-state index is 0.0671. The Bertz CT molecular complexity index is 842. The molecular formula is C20H21N3O2. The van der Waals surface area contributed by atoms with Crippen LogP contribution >= 0.6 is 0 Å². The Morgan fingerprint density at radius 2 is 1.76 bits per heavy atom.